The number of fused-ring (bicyclic) bond motifs is 3. The van der Waals surface area contributed by atoms with Crippen LogP contribution in [0, 0.1) is 32.6 Å². The SMILES string of the molecule is Cc1cc(C)c([Si](C)(NC(C)(C)C)C2C(C)C(C)C3c4ccccc4SC32)c(C)c1. The number of hydrogen-bond donors (Lipinski definition) is 1. The fourth-order valence-corrected chi connectivity index (χ4v) is 16.0. The van der Waals surface area contributed by atoms with Gasteiger partial charge in [-0.05, 0) is 86.9 Å². The van der Waals surface area contributed by atoms with Crippen molar-refractivity contribution in [1.29, 1.82) is 0 Å². The van der Waals surface area contributed by atoms with Gasteiger partial charge in [-0.25, -0.2) is 0 Å². The van der Waals surface area contributed by atoms with E-state index in [1.54, 1.807) is 10.8 Å². The van der Waals surface area contributed by atoms with Crippen LogP contribution in [0.4, 0.5) is 0 Å². The third-order valence-corrected chi connectivity index (χ3v) is 14.7. The molecule has 1 aliphatic heterocycles. The lowest BCUT2D eigenvalue weighted by molar-refractivity contribution is 0.414. The van der Waals surface area contributed by atoms with Crippen LogP contribution in [0.5, 0.6) is 0 Å². The van der Waals surface area contributed by atoms with Gasteiger partial charge in [0.25, 0.3) is 0 Å². The van der Waals surface area contributed by atoms with Crippen LogP contribution in [0.3, 0.4) is 0 Å². The van der Waals surface area contributed by atoms with Gasteiger partial charge in [0, 0.05) is 21.6 Å². The van der Waals surface area contributed by atoms with Gasteiger partial charge < -0.3 is 4.98 Å². The number of aryl methyl sites for hydroxylation is 3. The molecule has 2 aromatic carbocycles. The van der Waals surface area contributed by atoms with Gasteiger partial charge in [-0.15, -0.1) is 11.8 Å². The first-order valence-corrected chi connectivity index (χ1v) is 15.0. The van der Waals surface area contributed by atoms with Crippen molar-refractivity contribution in [3.63, 3.8) is 0 Å². The van der Waals surface area contributed by atoms with Gasteiger partial charge in [-0.2, -0.15) is 0 Å². The summed E-state index contributed by atoms with van der Waals surface area (Å²) < 4.78 is 0. The predicted molar refractivity (Wildman–Crippen MR) is 136 cm³/mol. The summed E-state index contributed by atoms with van der Waals surface area (Å²) in [6.45, 7) is 21.7. The van der Waals surface area contributed by atoms with E-state index in [1.807, 2.05) is 0 Å². The Morgan fingerprint density at radius 1 is 0.933 bits per heavy atom. The highest BCUT2D eigenvalue weighted by molar-refractivity contribution is 8.00. The summed E-state index contributed by atoms with van der Waals surface area (Å²) in [7, 11) is -2.04. The second-order valence-electron chi connectivity index (χ2n) is 11.2. The zero-order valence-electron chi connectivity index (χ0n) is 20.3. The van der Waals surface area contributed by atoms with Gasteiger partial charge in [0.15, 0.2) is 8.24 Å². The van der Waals surface area contributed by atoms with Crippen LogP contribution in [0.1, 0.15) is 62.8 Å². The molecular weight excluding hydrogens is 398 g/mol. The number of rotatable bonds is 3. The lowest BCUT2D eigenvalue weighted by atomic mass is 9.87. The highest BCUT2D eigenvalue weighted by atomic mass is 32.2. The van der Waals surface area contributed by atoms with Gasteiger partial charge in [0.05, 0.1) is 0 Å². The normalized spacial score (nSPS) is 30.1. The third kappa shape index (κ3) is 3.51. The zero-order valence-corrected chi connectivity index (χ0v) is 22.1. The van der Waals surface area contributed by atoms with Crippen molar-refractivity contribution >= 4 is 25.2 Å². The minimum Gasteiger partial charge on any atom is -0.329 e. The molecule has 162 valence electrons. The van der Waals surface area contributed by atoms with Crippen LogP contribution in [0.15, 0.2) is 41.3 Å². The Kier molecular flexibility index (Phi) is 5.57. The lowest BCUT2D eigenvalue weighted by Crippen LogP contribution is -2.69. The van der Waals surface area contributed by atoms with Gasteiger partial charge >= 0.3 is 0 Å². The van der Waals surface area contributed by atoms with Gasteiger partial charge in [0.2, 0.25) is 0 Å². The first kappa shape index (κ1) is 22.2. The maximum absolute atomic E-state index is 4.31. The fourth-order valence-electron chi connectivity index (χ4n) is 7.04. The Hall–Kier alpha value is -1.03. The van der Waals surface area contributed by atoms with E-state index in [0.717, 1.165) is 5.92 Å². The molecule has 30 heavy (non-hydrogen) atoms. The zero-order chi connectivity index (χ0) is 22.0. The molecule has 6 atom stereocenters. The Morgan fingerprint density at radius 2 is 1.53 bits per heavy atom. The monoisotopic (exact) mass is 437 g/mol. The molecule has 0 saturated heterocycles. The minimum atomic E-state index is -2.04. The number of thioether (sulfide) groups is 1. The van der Waals surface area contributed by atoms with Gasteiger partial charge in [0.1, 0.15) is 0 Å². The molecule has 1 fully saturated rings. The number of hydrogen-bond acceptors (Lipinski definition) is 2. The van der Waals surface area contributed by atoms with Crippen molar-refractivity contribution < 1.29 is 0 Å². The Labute approximate surface area is 189 Å². The van der Waals surface area contributed by atoms with Crippen LogP contribution in [0.25, 0.3) is 0 Å². The van der Waals surface area contributed by atoms with Crippen molar-refractivity contribution in [1.82, 2.24) is 4.98 Å². The van der Waals surface area contributed by atoms with E-state index in [0.29, 0.717) is 22.6 Å². The topological polar surface area (TPSA) is 12.0 Å². The van der Waals surface area contributed by atoms with Crippen LogP contribution < -0.4 is 10.2 Å². The van der Waals surface area contributed by atoms with Crippen molar-refractivity contribution in [3.05, 3.63) is 58.7 Å². The van der Waals surface area contributed by atoms with E-state index in [1.165, 1.54) is 21.6 Å². The van der Waals surface area contributed by atoms with Crippen LogP contribution in [-0.4, -0.2) is 19.0 Å². The molecule has 2 aliphatic rings. The van der Waals surface area contributed by atoms with Crippen molar-refractivity contribution in [3.8, 4) is 0 Å². The maximum atomic E-state index is 4.31. The van der Waals surface area contributed by atoms with Gasteiger partial charge in [-0.1, -0.05) is 56.3 Å². The molecule has 1 aliphatic carbocycles. The number of nitrogens with one attached hydrogen (secondary N) is 1. The van der Waals surface area contributed by atoms with E-state index in [2.05, 4.69) is 115 Å². The summed E-state index contributed by atoms with van der Waals surface area (Å²) >= 11 is 2.18. The molecule has 6 unspecified atom stereocenters. The Balaban J connectivity index is 1.89. The summed E-state index contributed by atoms with van der Waals surface area (Å²) in [5, 5.41) is 2.34. The lowest BCUT2D eigenvalue weighted by Gasteiger charge is -2.46. The van der Waals surface area contributed by atoms with E-state index >= 15 is 0 Å². The minimum absolute atomic E-state index is 0.0991. The molecule has 4 rings (SSSR count). The second-order valence-corrected chi connectivity index (χ2v) is 16.3. The van der Waals surface area contributed by atoms with E-state index in [4.69, 9.17) is 0 Å². The largest absolute Gasteiger partial charge is 0.329 e. The summed E-state index contributed by atoms with van der Waals surface area (Å²) in [5.74, 6) is 2.12. The predicted octanol–water partition coefficient (Wildman–Crippen LogP) is 6.70. The van der Waals surface area contributed by atoms with Crippen molar-refractivity contribution in [2.24, 2.45) is 11.8 Å². The van der Waals surface area contributed by atoms with Crippen LogP contribution in [0.2, 0.25) is 12.1 Å². The molecule has 0 bridgehead atoms. The van der Waals surface area contributed by atoms with E-state index in [9.17, 15) is 0 Å². The Morgan fingerprint density at radius 3 is 2.13 bits per heavy atom. The van der Waals surface area contributed by atoms with E-state index in [-0.39, 0.29) is 5.54 Å². The third-order valence-electron chi connectivity index (χ3n) is 7.71. The smallest absolute Gasteiger partial charge is 0.160 e. The summed E-state index contributed by atoms with van der Waals surface area (Å²) in [5.41, 5.74) is 6.77. The van der Waals surface area contributed by atoms with Crippen molar-refractivity contribution in [2.75, 3.05) is 0 Å². The molecule has 1 nitrogen and oxygen atoms in total. The molecule has 0 aromatic heterocycles. The molecular formula is C27H39NSSi. The molecule has 1 saturated carbocycles. The maximum Gasteiger partial charge on any atom is 0.160 e. The van der Waals surface area contributed by atoms with Crippen LogP contribution >= 0.6 is 11.8 Å². The number of benzene rings is 2. The molecule has 3 heteroatoms. The van der Waals surface area contributed by atoms with Gasteiger partial charge in [-0.3, -0.25) is 0 Å². The molecule has 0 amide bonds. The summed E-state index contributed by atoms with van der Waals surface area (Å²) in [4.78, 5) is 5.84. The second kappa shape index (κ2) is 7.53. The first-order chi connectivity index (χ1) is 13.9. The fraction of sp³-hybridized carbons (Fsp3) is 0.556. The quantitative estimate of drug-likeness (QED) is 0.536. The average molecular weight is 438 g/mol. The average Bonchev–Trinajstić information content (AvgIpc) is 3.07. The van der Waals surface area contributed by atoms with E-state index < -0.39 is 8.24 Å². The molecule has 2 aromatic rings. The molecule has 1 heterocycles. The highest BCUT2D eigenvalue weighted by Crippen LogP contribution is 2.64. The molecule has 0 radical (unpaired) electrons. The molecule has 0 spiro atoms. The summed E-state index contributed by atoms with van der Waals surface area (Å²) in [6, 6.07) is 14.0. The standard InChI is InChI=1S/C27H39NSSi/c1-16-14-17(2)25(18(3)15-16)30(9,28-27(6,7)8)26-20(5)19(4)23-21-12-10-11-13-22(21)29-24(23)26/h10-15,19-20,23-24,26,28H,1-9H3. The van der Waals surface area contributed by atoms with Crippen LogP contribution in [-0.2, 0) is 0 Å². The van der Waals surface area contributed by atoms with Crippen molar-refractivity contribution in [2.45, 2.75) is 89.1 Å². The highest BCUT2D eigenvalue weighted by Gasteiger charge is 2.59. The first-order valence-electron chi connectivity index (χ1n) is 11.6. The Bertz CT molecular complexity index is 939. The summed E-state index contributed by atoms with van der Waals surface area (Å²) in [6.07, 6.45) is 0. The molecule has 1 N–H and O–H groups in total.